The Hall–Kier alpha value is -1.39. The molecule has 37 heavy (non-hydrogen) atoms. The van der Waals surface area contributed by atoms with E-state index in [2.05, 4.69) is 55.6 Å². The quantitative estimate of drug-likeness (QED) is 0.0750. The fraction of sp³-hybridized carbons (Fsp3) is 0.788. The summed E-state index contributed by atoms with van der Waals surface area (Å²) in [5.74, 6) is -0.0559. The van der Waals surface area contributed by atoms with Crippen LogP contribution in [0.4, 0.5) is 0 Å². The van der Waals surface area contributed by atoms with Gasteiger partial charge in [0.25, 0.3) is 0 Å². The minimum absolute atomic E-state index is 0.0559. The number of hydrogen-bond acceptors (Lipinski definition) is 3. The topological polar surface area (TPSA) is 69.6 Å². The normalized spacial score (nSPS) is 13.7. The Labute approximate surface area is 230 Å². The van der Waals surface area contributed by atoms with Crippen molar-refractivity contribution in [2.45, 2.75) is 161 Å². The van der Waals surface area contributed by atoms with Crippen LogP contribution in [-0.4, -0.2) is 34.9 Å². The van der Waals surface area contributed by atoms with Gasteiger partial charge in [-0.25, -0.2) is 0 Å². The van der Waals surface area contributed by atoms with Gasteiger partial charge in [-0.2, -0.15) is 0 Å². The standard InChI is InChI=1S/C33H61NO3/c1-3-5-7-9-10-11-12-13-14-15-16-17-18-19-20-21-22-23-24-25-27-29-33(37)34-31(30-35)32(36)28-26-8-6-4-2/h12-13,15-16,18-19,31-32,35-36H,3-11,14,17,20-30H2,1-2H3,(H,34,37)/b13-12-,16-15-,19-18-. The van der Waals surface area contributed by atoms with Gasteiger partial charge in [0.05, 0.1) is 18.8 Å². The monoisotopic (exact) mass is 519 g/mol. The molecule has 0 heterocycles. The van der Waals surface area contributed by atoms with Crippen molar-refractivity contribution in [3.05, 3.63) is 36.5 Å². The van der Waals surface area contributed by atoms with E-state index in [9.17, 15) is 15.0 Å². The van der Waals surface area contributed by atoms with E-state index >= 15 is 0 Å². The Kier molecular flexibility index (Phi) is 28.1. The molecule has 0 aromatic carbocycles. The van der Waals surface area contributed by atoms with Gasteiger partial charge in [-0.05, 0) is 51.4 Å². The molecule has 4 heteroatoms. The van der Waals surface area contributed by atoms with Crippen LogP contribution in [0.15, 0.2) is 36.5 Å². The molecule has 0 saturated carbocycles. The number of aliphatic hydroxyl groups excluding tert-OH is 2. The second-order valence-corrected chi connectivity index (χ2v) is 10.5. The lowest BCUT2D eigenvalue weighted by molar-refractivity contribution is -0.123. The second kappa shape index (κ2) is 29.2. The fourth-order valence-electron chi connectivity index (χ4n) is 4.42. The maximum atomic E-state index is 12.1. The maximum Gasteiger partial charge on any atom is 0.220 e. The van der Waals surface area contributed by atoms with E-state index in [1.165, 1.54) is 57.8 Å². The molecule has 0 bridgehead atoms. The van der Waals surface area contributed by atoms with E-state index in [1.54, 1.807) is 0 Å². The summed E-state index contributed by atoms with van der Waals surface area (Å²) in [6.45, 7) is 4.21. The van der Waals surface area contributed by atoms with Crippen molar-refractivity contribution in [3.63, 3.8) is 0 Å². The van der Waals surface area contributed by atoms with Crippen molar-refractivity contribution in [2.75, 3.05) is 6.61 Å². The van der Waals surface area contributed by atoms with Gasteiger partial charge in [-0.15, -0.1) is 0 Å². The van der Waals surface area contributed by atoms with Crippen molar-refractivity contribution >= 4 is 5.91 Å². The lowest BCUT2D eigenvalue weighted by Crippen LogP contribution is -2.45. The highest BCUT2D eigenvalue weighted by molar-refractivity contribution is 5.76. The maximum absolute atomic E-state index is 12.1. The average molecular weight is 520 g/mol. The molecule has 0 aliphatic carbocycles. The van der Waals surface area contributed by atoms with Crippen LogP contribution in [0.2, 0.25) is 0 Å². The van der Waals surface area contributed by atoms with Crippen molar-refractivity contribution < 1.29 is 15.0 Å². The van der Waals surface area contributed by atoms with Crippen LogP contribution >= 0.6 is 0 Å². The molecule has 1 amide bonds. The predicted octanol–water partition coefficient (Wildman–Crippen LogP) is 8.72. The molecule has 0 fully saturated rings. The van der Waals surface area contributed by atoms with Gasteiger partial charge in [0.1, 0.15) is 0 Å². The molecule has 3 N–H and O–H groups in total. The van der Waals surface area contributed by atoms with E-state index in [-0.39, 0.29) is 12.5 Å². The van der Waals surface area contributed by atoms with Crippen LogP contribution < -0.4 is 5.32 Å². The first-order valence-electron chi connectivity index (χ1n) is 15.7. The molecular weight excluding hydrogens is 458 g/mol. The number of carbonyl (C=O) groups excluding carboxylic acids is 1. The Morgan fingerprint density at radius 2 is 1.11 bits per heavy atom. The van der Waals surface area contributed by atoms with Gasteiger partial charge in [0, 0.05) is 6.42 Å². The van der Waals surface area contributed by atoms with Gasteiger partial charge in [-0.3, -0.25) is 4.79 Å². The first-order valence-corrected chi connectivity index (χ1v) is 15.7. The second-order valence-electron chi connectivity index (χ2n) is 10.5. The van der Waals surface area contributed by atoms with Gasteiger partial charge in [-0.1, -0.05) is 127 Å². The molecule has 2 unspecified atom stereocenters. The first kappa shape index (κ1) is 35.6. The summed E-state index contributed by atoms with van der Waals surface area (Å²) in [7, 11) is 0. The molecule has 0 spiro atoms. The number of hydrogen-bond donors (Lipinski definition) is 3. The van der Waals surface area contributed by atoms with Gasteiger partial charge in [0.2, 0.25) is 5.91 Å². The van der Waals surface area contributed by atoms with Crippen molar-refractivity contribution in [2.24, 2.45) is 0 Å². The third-order valence-electron chi connectivity index (χ3n) is 6.90. The Balaban J connectivity index is 3.56. The lowest BCUT2D eigenvalue weighted by atomic mass is 10.0. The van der Waals surface area contributed by atoms with E-state index in [4.69, 9.17) is 0 Å². The van der Waals surface area contributed by atoms with Crippen LogP contribution in [0.1, 0.15) is 149 Å². The molecule has 0 aliphatic heterocycles. The summed E-state index contributed by atoms with van der Waals surface area (Å²) in [4.78, 5) is 12.1. The number of carbonyl (C=O) groups is 1. The average Bonchev–Trinajstić information content (AvgIpc) is 2.90. The molecule has 4 nitrogen and oxygen atoms in total. The highest BCUT2D eigenvalue weighted by Crippen LogP contribution is 2.11. The molecule has 0 aliphatic rings. The third-order valence-corrected chi connectivity index (χ3v) is 6.90. The van der Waals surface area contributed by atoms with E-state index in [0.29, 0.717) is 12.8 Å². The van der Waals surface area contributed by atoms with Crippen LogP contribution in [-0.2, 0) is 4.79 Å². The highest BCUT2D eigenvalue weighted by atomic mass is 16.3. The smallest absolute Gasteiger partial charge is 0.220 e. The van der Waals surface area contributed by atoms with Crippen LogP contribution in [0.25, 0.3) is 0 Å². The molecular formula is C33H61NO3. The first-order chi connectivity index (χ1) is 18.2. The van der Waals surface area contributed by atoms with Crippen LogP contribution in [0.3, 0.4) is 0 Å². The summed E-state index contributed by atoms with van der Waals surface area (Å²) in [5, 5.41) is 22.5. The zero-order valence-corrected chi connectivity index (χ0v) is 24.5. The molecule has 0 saturated heterocycles. The Bertz CT molecular complexity index is 570. The van der Waals surface area contributed by atoms with Crippen molar-refractivity contribution in [1.29, 1.82) is 0 Å². The van der Waals surface area contributed by atoms with E-state index in [0.717, 1.165) is 64.2 Å². The molecule has 216 valence electrons. The molecule has 0 rings (SSSR count). The highest BCUT2D eigenvalue weighted by Gasteiger charge is 2.19. The minimum atomic E-state index is -0.659. The number of nitrogens with one attached hydrogen (secondary N) is 1. The van der Waals surface area contributed by atoms with Gasteiger partial charge < -0.3 is 15.5 Å². The number of rotatable bonds is 27. The molecule has 2 atom stereocenters. The van der Waals surface area contributed by atoms with Crippen molar-refractivity contribution in [1.82, 2.24) is 5.32 Å². The van der Waals surface area contributed by atoms with E-state index < -0.39 is 12.1 Å². The predicted molar refractivity (Wildman–Crippen MR) is 161 cm³/mol. The van der Waals surface area contributed by atoms with Gasteiger partial charge >= 0.3 is 0 Å². The zero-order chi connectivity index (χ0) is 27.2. The summed E-state index contributed by atoms with van der Waals surface area (Å²) in [6, 6.07) is -0.538. The SMILES string of the molecule is CCCCCCC/C=C\C/C=C\C/C=C\CCCCCCCCC(=O)NC(CO)C(O)CCCCCC. The zero-order valence-electron chi connectivity index (χ0n) is 24.5. The van der Waals surface area contributed by atoms with Gasteiger partial charge in [0.15, 0.2) is 0 Å². The number of aliphatic hydroxyl groups is 2. The molecule has 0 aromatic heterocycles. The minimum Gasteiger partial charge on any atom is -0.394 e. The lowest BCUT2D eigenvalue weighted by Gasteiger charge is -2.22. The van der Waals surface area contributed by atoms with Crippen molar-refractivity contribution in [3.8, 4) is 0 Å². The number of allylic oxidation sites excluding steroid dienone is 6. The molecule has 0 radical (unpaired) electrons. The largest absolute Gasteiger partial charge is 0.394 e. The van der Waals surface area contributed by atoms with E-state index in [1.807, 2.05) is 0 Å². The number of amides is 1. The summed E-state index contributed by atoms with van der Waals surface area (Å²) in [5.41, 5.74) is 0. The fourth-order valence-corrected chi connectivity index (χ4v) is 4.42. The summed E-state index contributed by atoms with van der Waals surface area (Å²) in [6.07, 6.45) is 36.5. The summed E-state index contributed by atoms with van der Waals surface area (Å²) < 4.78 is 0. The summed E-state index contributed by atoms with van der Waals surface area (Å²) >= 11 is 0. The number of unbranched alkanes of at least 4 members (excludes halogenated alkanes) is 14. The third kappa shape index (κ3) is 26.0. The van der Waals surface area contributed by atoms with Crippen LogP contribution in [0.5, 0.6) is 0 Å². The molecule has 0 aromatic rings. The Morgan fingerprint density at radius 1 is 0.649 bits per heavy atom. The van der Waals surface area contributed by atoms with Crippen LogP contribution in [0, 0.1) is 0 Å². The Morgan fingerprint density at radius 3 is 1.65 bits per heavy atom.